The van der Waals surface area contributed by atoms with Crippen molar-refractivity contribution in [1.29, 1.82) is 0 Å². The molecular formula is C9H8ClN3S. The molecule has 2 aromatic rings. The molecule has 0 saturated heterocycles. The first-order valence-corrected chi connectivity index (χ1v) is 5.22. The maximum atomic E-state index is 5.90. The SMILES string of the molecule is Cc1ccc(Cl)cc1-c1nnc(N)s1. The van der Waals surface area contributed by atoms with Gasteiger partial charge in [0.15, 0.2) is 0 Å². The molecule has 1 aromatic heterocycles. The van der Waals surface area contributed by atoms with E-state index in [-0.39, 0.29) is 0 Å². The largest absolute Gasteiger partial charge is 0.374 e. The van der Waals surface area contributed by atoms with E-state index < -0.39 is 0 Å². The number of rotatable bonds is 1. The molecule has 0 aliphatic carbocycles. The van der Waals surface area contributed by atoms with Crippen LogP contribution in [0.4, 0.5) is 5.13 Å². The fraction of sp³-hybridized carbons (Fsp3) is 0.111. The van der Waals surface area contributed by atoms with Gasteiger partial charge in [-0.15, -0.1) is 10.2 Å². The zero-order valence-corrected chi connectivity index (χ0v) is 9.06. The van der Waals surface area contributed by atoms with Gasteiger partial charge in [-0.2, -0.15) is 0 Å². The third-order valence-corrected chi connectivity index (χ3v) is 2.89. The van der Waals surface area contributed by atoms with Gasteiger partial charge in [0.1, 0.15) is 5.01 Å². The average Bonchev–Trinajstić information content (AvgIpc) is 2.56. The molecule has 0 amide bonds. The minimum Gasteiger partial charge on any atom is -0.374 e. The smallest absolute Gasteiger partial charge is 0.203 e. The first-order chi connectivity index (χ1) is 6.66. The van der Waals surface area contributed by atoms with E-state index >= 15 is 0 Å². The summed E-state index contributed by atoms with van der Waals surface area (Å²) in [5.41, 5.74) is 7.62. The van der Waals surface area contributed by atoms with Crippen LogP contribution in [0.25, 0.3) is 10.6 Å². The Morgan fingerprint density at radius 3 is 2.79 bits per heavy atom. The number of hydrogen-bond acceptors (Lipinski definition) is 4. The number of benzene rings is 1. The van der Waals surface area contributed by atoms with Crippen LogP contribution in [0, 0.1) is 6.92 Å². The number of halogens is 1. The molecular weight excluding hydrogens is 218 g/mol. The number of hydrogen-bond donors (Lipinski definition) is 1. The van der Waals surface area contributed by atoms with Gasteiger partial charge in [-0.05, 0) is 24.6 Å². The fourth-order valence-electron chi connectivity index (χ4n) is 1.17. The molecule has 0 radical (unpaired) electrons. The third-order valence-electron chi connectivity index (χ3n) is 1.87. The van der Waals surface area contributed by atoms with Crippen molar-refractivity contribution in [3.8, 4) is 10.6 Å². The van der Waals surface area contributed by atoms with Crippen molar-refractivity contribution in [1.82, 2.24) is 10.2 Å². The van der Waals surface area contributed by atoms with E-state index in [0.29, 0.717) is 10.2 Å². The van der Waals surface area contributed by atoms with E-state index in [1.165, 1.54) is 11.3 Å². The lowest BCUT2D eigenvalue weighted by atomic mass is 10.1. The molecule has 2 N–H and O–H groups in total. The van der Waals surface area contributed by atoms with E-state index in [4.69, 9.17) is 17.3 Å². The van der Waals surface area contributed by atoms with Crippen molar-refractivity contribution in [3.05, 3.63) is 28.8 Å². The highest BCUT2D eigenvalue weighted by Gasteiger charge is 2.07. The molecule has 0 atom stereocenters. The minimum atomic E-state index is 0.472. The number of nitrogen functional groups attached to an aromatic ring is 1. The molecule has 5 heteroatoms. The molecule has 0 bridgehead atoms. The van der Waals surface area contributed by atoms with Crippen LogP contribution >= 0.6 is 22.9 Å². The molecule has 14 heavy (non-hydrogen) atoms. The zero-order chi connectivity index (χ0) is 10.1. The topological polar surface area (TPSA) is 51.8 Å². The zero-order valence-electron chi connectivity index (χ0n) is 7.49. The van der Waals surface area contributed by atoms with Crippen LogP contribution in [0.5, 0.6) is 0 Å². The van der Waals surface area contributed by atoms with E-state index in [9.17, 15) is 0 Å². The maximum absolute atomic E-state index is 5.90. The van der Waals surface area contributed by atoms with Gasteiger partial charge >= 0.3 is 0 Å². The van der Waals surface area contributed by atoms with Crippen LogP contribution in [0.1, 0.15) is 5.56 Å². The molecule has 2 rings (SSSR count). The van der Waals surface area contributed by atoms with Crippen molar-refractivity contribution in [3.63, 3.8) is 0 Å². The van der Waals surface area contributed by atoms with Crippen molar-refractivity contribution >= 4 is 28.1 Å². The first kappa shape index (κ1) is 9.43. The summed E-state index contributed by atoms with van der Waals surface area (Å²) >= 11 is 7.26. The first-order valence-electron chi connectivity index (χ1n) is 4.02. The lowest BCUT2D eigenvalue weighted by Gasteiger charge is -2.00. The van der Waals surface area contributed by atoms with Crippen molar-refractivity contribution in [2.75, 3.05) is 5.73 Å². The van der Waals surface area contributed by atoms with E-state index in [1.807, 2.05) is 25.1 Å². The minimum absolute atomic E-state index is 0.472. The normalized spacial score (nSPS) is 10.4. The van der Waals surface area contributed by atoms with E-state index in [0.717, 1.165) is 16.1 Å². The number of anilines is 1. The summed E-state index contributed by atoms with van der Waals surface area (Å²) in [6.45, 7) is 2.00. The second-order valence-corrected chi connectivity index (χ2v) is 4.35. The highest BCUT2D eigenvalue weighted by Crippen LogP contribution is 2.29. The lowest BCUT2D eigenvalue weighted by Crippen LogP contribution is -1.82. The summed E-state index contributed by atoms with van der Waals surface area (Å²) in [5, 5.41) is 9.71. The van der Waals surface area contributed by atoms with Crippen LogP contribution in [0.3, 0.4) is 0 Å². The van der Waals surface area contributed by atoms with Crippen molar-refractivity contribution in [2.45, 2.75) is 6.92 Å². The quantitative estimate of drug-likeness (QED) is 0.812. The molecule has 3 nitrogen and oxygen atoms in total. The highest BCUT2D eigenvalue weighted by molar-refractivity contribution is 7.18. The summed E-state index contributed by atoms with van der Waals surface area (Å²) in [4.78, 5) is 0. The Labute approximate surface area is 90.5 Å². The lowest BCUT2D eigenvalue weighted by molar-refractivity contribution is 1.10. The van der Waals surface area contributed by atoms with Crippen LogP contribution in [-0.4, -0.2) is 10.2 Å². The number of nitrogens with two attached hydrogens (primary N) is 1. The third kappa shape index (κ3) is 1.71. The molecule has 0 aliphatic heterocycles. The van der Waals surface area contributed by atoms with Gasteiger partial charge in [0, 0.05) is 10.6 Å². The van der Waals surface area contributed by atoms with Gasteiger partial charge in [0.05, 0.1) is 0 Å². The fourth-order valence-corrected chi connectivity index (χ4v) is 2.03. The van der Waals surface area contributed by atoms with Crippen LogP contribution in [0.2, 0.25) is 5.02 Å². The van der Waals surface area contributed by atoms with Crippen molar-refractivity contribution < 1.29 is 0 Å². The molecule has 0 fully saturated rings. The Morgan fingerprint density at radius 1 is 1.36 bits per heavy atom. The Morgan fingerprint density at radius 2 is 2.14 bits per heavy atom. The molecule has 72 valence electrons. The van der Waals surface area contributed by atoms with Gasteiger partial charge in [-0.1, -0.05) is 29.0 Å². The van der Waals surface area contributed by atoms with Crippen LogP contribution in [0.15, 0.2) is 18.2 Å². The van der Waals surface area contributed by atoms with Gasteiger partial charge in [0.25, 0.3) is 0 Å². The average molecular weight is 226 g/mol. The van der Waals surface area contributed by atoms with Crippen LogP contribution < -0.4 is 5.73 Å². The van der Waals surface area contributed by atoms with E-state index in [1.54, 1.807) is 0 Å². The van der Waals surface area contributed by atoms with Crippen molar-refractivity contribution in [2.24, 2.45) is 0 Å². The predicted molar refractivity (Wildman–Crippen MR) is 59.5 cm³/mol. The molecule has 0 unspecified atom stereocenters. The van der Waals surface area contributed by atoms with Crippen LogP contribution in [-0.2, 0) is 0 Å². The predicted octanol–water partition coefficient (Wildman–Crippen LogP) is 2.75. The van der Waals surface area contributed by atoms with Gasteiger partial charge in [-0.3, -0.25) is 0 Å². The Balaban J connectivity index is 2.55. The van der Waals surface area contributed by atoms with Gasteiger partial charge in [0.2, 0.25) is 5.13 Å². The summed E-state index contributed by atoms with van der Waals surface area (Å²) < 4.78 is 0. The van der Waals surface area contributed by atoms with Gasteiger partial charge < -0.3 is 5.73 Å². The maximum Gasteiger partial charge on any atom is 0.203 e. The molecule has 0 spiro atoms. The molecule has 1 heterocycles. The Kier molecular flexibility index (Phi) is 2.39. The second kappa shape index (κ2) is 3.55. The van der Waals surface area contributed by atoms with Gasteiger partial charge in [-0.25, -0.2) is 0 Å². The summed E-state index contributed by atoms with van der Waals surface area (Å²) in [5.74, 6) is 0. The Hall–Kier alpha value is -1.13. The molecule has 0 saturated carbocycles. The monoisotopic (exact) mass is 225 g/mol. The number of nitrogens with zero attached hydrogens (tertiary/aromatic N) is 2. The standard InChI is InChI=1S/C9H8ClN3S/c1-5-2-3-6(10)4-7(5)8-12-13-9(11)14-8/h2-4H,1H3,(H2,11,13). The molecule has 1 aromatic carbocycles. The Bertz CT molecular complexity index is 467. The number of aryl methyl sites for hydroxylation is 1. The summed E-state index contributed by atoms with van der Waals surface area (Å²) in [7, 11) is 0. The highest BCUT2D eigenvalue weighted by atomic mass is 35.5. The second-order valence-electron chi connectivity index (χ2n) is 2.90. The van der Waals surface area contributed by atoms with E-state index in [2.05, 4.69) is 10.2 Å². The molecule has 0 aliphatic rings. The number of aromatic nitrogens is 2. The summed E-state index contributed by atoms with van der Waals surface area (Å²) in [6, 6.07) is 5.68. The summed E-state index contributed by atoms with van der Waals surface area (Å²) in [6.07, 6.45) is 0.